The molecule has 2 N–H and O–H groups in total. The predicted molar refractivity (Wildman–Crippen MR) is 97.6 cm³/mol. The second-order valence-corrected chi connectivity index (χ2v) is 7.41. The smallest absolute Gasteiger partial charge is 0.234 e. The molecule has 1 amide bonds. The zero-order valence-corrected chi connectivity index (χ0v) is 15.2. The van der Waals surface area contributed by atoms with Crippen LogP contribution in [-0.2, 0) is 11.2 Å². The first-order chi connectivity index (χ1) is 12.1. The molecular weight excluding hydrogens is 358 g/mol. The SMILES string of the molecule is N#Cc1ccc(NC(=O)CSc2n[nH]c(CC3CCCC3)n2)cc1Cl. The molecule has 0 unspecified atom stereocenters. The molecular formula is C17H18ClN5OS. The highest BCUT2D eigenvalue weighted by Gasteiger charge is 2.17. The number of hydrogen-bond acceptors (Lipinski definition) is 5. The lowest BCUT2D eigenvalue weighted by molar-refractivity contribution is -0.113. The van der Waals surface area contributed by atoms with E-state index in [0.717, 1.165) is 12.2 Å². The standard InChI is InChI=1S/C17H18ClN5OS/c18-14-8-13(6-5-12(14)9-19)20-16(24)10-25-17-21-15(22-23-17)7-11-3-1-2-4-11/h5-6,8,11H,1-4,7,10H2,(H,20,24)(H,21,22,23). The van der Waals surface area contributed by atoms with Crippen molar-refractivity contribution in [1.82, 2.24) is 15.2 Å². The van der Waals surface area contributed by atoms with Crippen molar-refractivity contribution in [2.75, 3.05) is 11.1 Å². The minimum atomic E-state index is -0.173. The molecule has 0 radical (unpaired) electrons. The lowest BCUT2D eigenvalue weighted by Crippen LogP contribution is -2.14. The van der Waals surface area contributed by atoms with E-state index in [9.17, 15) is 4.79 Å². The highest BCUT2D eigenvalue weighted by molar-refractivity contribution is 7.99. The predicted octanol–water partition coefficient (Wildman–Crippen LogP) is 3.79. The summed E-state index contributed by atoms with van der Waals surface area (Å²) >= 11 is 7.24. The minimum absolute atomic E-state index is 0.173. The summed E-state index contributed by atoms with van der Waals surface area (Å²) in [5, 5.41) is 19.6. The van der Waals surface area contributed by atoms with Crippen LogP contribution in [0.1, 0.15) is 37.1 Å². The summed E-state index contributed by atoms with van der Waals surface area (Å²) in [5.41, 5.74) is 0.941. The second-order valence-electron chi connectivity index (χ2n) is 6.06. The number of nitrogens with one attached hydrogen (secondary N) is 2. The van der Waals surface area contributed by atoms with Gasteiger partial charge in [-0.2, -0.15) is 5.26 Å². The van der Waals surface area contributed by atoms with Crippen molar-refractivity contribution in [3.63, 3.8) is 0 Å². The van der Waals surface area contributed by atoms with Gasteiger partial charge in [-0.05, 0) is 24.1 Å². The Balaban J connectivity index is 1.48. The fraction of sp³-hybridized carbons (Fsp3) is 0.412. The summed E-state index contributed by atoms with van der Waals surface area (Å²) in [6.07, 6.45) is 6.07. The summed E-state index contributed by atoms with van der Waals surface area (Å²) < 4.78 is 0. The molecule has 130 valence electrons. The first-order valence-electron chi connectivity index (χ1n) is 8.17. The van der Waals surface area contributed by atoms with E-state index in [2.05, 4.69) is 20.5 Å². The van der Waals surface area contributed by atoms with Crippen molar-refractivity contribution in [1.29, 1.82) is 5.26 Å². The van der Waals surface area contributed by atoms with Crippen LogP contribution in [0.5, 0.6) is 0 Å². The maximum Gasteiger partial charge on any atom is 0.234 e. The average molecular weight is 376 g/mol. The second kappa shape index (κ2) is 8.37. The Morgan fingerprint density at radius 1 is 1.44 bits per heavy atom. The molecule has 6 nitrogen and oxygen atoms in total. The monoisotopic (exact) mass is 375 g/mol. The van der Waals surface area contributed by atoms with Gasteiger partial charge in [0.2, 0.25) is 11.1 Å². The maximum absolute atomic E-state index is 12.0. The maximum atomic E-state index is 12.0. The van der Waals surface area contributed by atoms with E-state index >= 15 is 0 Å². The van der Waals surface area contributed by atoms with Crippen molar-refractivity contribution in [2.45, 2.75) is 37.3 Å². The lowest BCUT2D eigenvalue weighted by Gasteiger charge is -2.05. The molecule has 1 aromatic carbocycles. The fourth-order valence-corrected chi connectivity index (χ4v) is 3.77. The van der Waals surface area contributed by atoms with Crippen LogP contribution in [0.25, 0.3) is 0 Å². The third-order valence-electron chi connectivity index (χ3n) is 4.17. The molecule has 1 heterocycles. The number of thioether (sulfide) groups is 1. The highest BCUT2D eigenvalue weighted by Crippen LogP contribution is 2.27. The van der Waals surface area contributed by atoms with Gasteiger partial charge in [0.05, 0.1) is 16.3 Å². The zero-order chi connectivity index (χ0) is 17.6. The summed E-state index contributed by atoms with van der Waals surface area (Å²) in [6.45, 7) is 0. The van der Waals surface area contributed by atoms with Gasteiger partial charge in [0.1, 0.15) is 11.9 Å². The number of aromatic nitrogens is 3. The number of nitriles is 1. The quantitative estimate of drug-likeness (QED) is 0.749. The van der Waals surface area contributed by atoms with E-state index in [1.54, 1.807) is 18.2 Å². The molecule has 0 aliphatic heterocycles. The van der Waals surface area contributed by atoms with Gasteiger partial charge in [0, 0.05) is 12.1 Å². The van der Waals surface area contributed by atoms with Crippen LogP contribution in [0, 0.1) is 17.2 Å². The van der Waals surface area contributed by atoms with E-state index in [-0.39, 0.29) is 11.7 Å². The van der Waals surface area contributed by atoms with Crippen LogP contribution in [0.4, 0.5) is 5.69 Å². The summed E-state index contributed by atoms with van der Waals surface area (Å²) in [6, 6.07) is 6.78. The van der Waals surface area contributed by atoms with Crippen LogP contribution in [0.3, 0.4) is 0 Å². The molecule has 0 bridgehead atoms. The van der Waals surface area contributed by atoms with Crippen molar-refractivity contribution >= 4 is 35.0 Å². The third-order valence-corrected chi connectivity index (χ3v) is 5.33. The fourth-order valence-electron chi connectivity index (χ4n) is 2.93. The zero-order valence-electron chi connectivity index (χ0n) is 13.6. The number of rotatable bonds is 6. The number of carbonyl (C=O) groups excluding carboxylic acids is 1. The van der Waals surface area contributed by atoms with E-state index in [4.69, 9.17) is 16.9 Å². The Hall–Kier alpha value is -2.04. The number of carbonyl (C=O) groups is 1. The summed E-state index contributed by atoms with van der Waals surface area (Å²) in [4.78, 5) is 16.5. The Labute approximate surface area is 155 Å². The molecule has 8 heteroatoms. The summed E-state index contributed by atoms with van der Waals surface area (Å²) in [7, 11) is 0. The van der Waals surface area contributed by atoms with Gasteiger partial charge in [-0.15, -0.1) is 5.10 Å². The molecule has 3 rings (SSSR count). The number of H-pyrrole nitrogens is 1. The molecule has 0 spiro atoms. The first-order valence-corrected chi connectivity index (χ1v) is 9.54. The largest absolute Gasteiger partial charge is 0.325 e. The Kier molecular flexibility index (Phi) is 5.95. The lowest BCUT2D eigenvalue weighted by atomic mass is 10.0. The number of hydrogen-bond donors (Lipinski definition) is 2. The van der Waals surface area contributed by atoms with Gasteiger partial charge in [-0.3, -0.25) is 9.89 Å². The van der Waals surface area contributed by atoms with Gasteiger partial charge >= 0.3 is 0 Å². The molecule has 2 aromatic rings. The Morgan fingerprint density at radius 3 is 2.96 bits per heavy atom. The Bertz CT molecular complexity index is 795. The average Bonchev–Trinajstić information content (AvgIpc) is 3.26. The molecule has 1 aliphatic rings. The molecule has 0 atom stereocenters. The normalized spacial score (nSPS) is 14.4. The molecule has 0 saturated heterocycles. The van der Waals surface area contributed by atoms with Crippen LogP contribution < -0.4 is 5.32 Å². The van der Waals surface area contributed by atoms with Crippen LogP contribution in [0.2, 0.25) is 5.02 Å². The van der Waals surface area contributed by atoms with Gasteiger partial charge < -0.3 is 5.32 Å². The molecule has 25 heavy (non-hydrogen) atoms. The number of aromatic amines is 1. The first kappa shape index (κ1) is 17.8. The molecule has 1 aliphatic carbocycles. The van der Waals surface area contributed by atoms with Crippen LogP contribution in [0.15, 0.2) is 23.4 Å². The highest BCUT2D eigenvalue weighted by atomic mass is 35.5. The van der Waals surface area contributed by atoms with E-state index in [1.165, 1.54) is 37.4 Å². The number of anilines is 1. The number of benzene rings is 1. The third kappa shape index (κ3) is 4.97. The van der Waals surface area contributed by atoms with Gasteiger partial charge in [-0.25, -0.2) is 4.98 Å². The number of halogens is 1. The van der Waals surface area contributed by atoms with Crippen LogP contribution in [-0.4, -0.2) is 26.8 Å². The number of amides is 1. The summed E-state index contributed by atoms with van der Waals surface area (Å²) in [5.74, 6) is 1.63. The van der Waals surface area contributed by atoms with Crippen molar-refractivity contribution in [3.05, 3.63) is 34.6 Å². The van der Waals surface area contributed by atoms with Gasteiger partial charge in [-0.1, -0.05) is 49.0 Å². The van der Waals surface area contributed by atoms with Gasteiger partial charge in [0.25, 0.3) is 0 Å². The number of nitrogens with zero attached hydrogens (tertiary/aromatic N) is 3. The molecule has 1 fully saturated rings. The topological polar surface area (TPSA) is 94.5 Å². The minimum Gasteiger partial charge on any atom is -0.325 e. The van der Waals surface area contributed by atoms with Crippen molar-refractivity contribution in [3.8, 4) is 6.07 Å². The van der Waals surface area contributed by atoms with Gasteiger partial charge in [0.15, 0.2) is 0 Å². The van der Waals surface area contributed by atoms with E-state index in [1.807, 2.05) is 6.07 Å². The molecule has 1 aromatic heterocycles. The van der Waals surface area contributed by atoms with Crippen molar-refractivity contribution in [2.24, 2.45) is 5.92 Å². The van der Waals surface area contributed by atoms with Crippen molar-refractivity contribution < 1.29 is 4.79 Å². The van der Waals surface area contributed by atoms with Crippen LogP contribution >= 0.6 is 23.4 Å². The Morgan fingerprint density at radius 2 is 2.24 bits per heavy atom. The van der Waals surface area contributed by atoms with E-state index in [0.29, 0.717) is 27.3 Å². The van der Waals surface area contributed by atoms with E-state index < -0.39 is 0 Å². The molecule has 1 saturated carbocycles.